The molecule has 88 valence electrons. The minimum atomic E-state index is -0.560. The molecule has 0 spiro atoms. The van der Waals surface area contributed by atoms with Crippen LogP contribution in [0, 0.1) is 0 Å². The Hall–Kier alpha value is -0.850. The van der Waals surface area contributed by atoms with Crippen molar-refractivity contribution in [3.05, 3.63) is 0 Å². The van der Waals surface area contributed by atoms with Gasteiger partial charge in [-0.15, -0.1) is 0 Å². The topological polar surface area (TPSA) is 96.2 Å². The predicted molar refractivity (Wildman–Crippen MR) is 50.9 cm³/mol. The Labute approximate surface area is 84.6 Å². The third-order valence-corrected chi connectivity index (χ3v) is 0.998. The molecule has 1 rings (SSSR count). The van der Waals surface area contributed by atoms with Crippen molar-refractivity contribution in [3.8, 4) is 0 Å². The van der Waals surface area contributed by atoms with Crippen molar-refractivity contribution < 1.29 is 31.0 Å². The first kappa shape index (κ1) is 15.6. The Kier molecular flexibility index (Phi) is 11.4. The van der Waals surface area contributed by atoms with E-state index in [2.05, 4.69) is 9.47 Å². The molecule has 1 aliphatic heterocycles. The normalized spacial score (nSPS) is 20.4. The summed E-state index contributed by atoms with van der Waals surface area (Å²) < 4.78 is 8.90. The summed E-state index contributed by atoms with van der Waals surface area (Å²) in [5.41, 5.74) is 0. The van der Waals surface area contributed by atoms with E-state index in [0.717, 1.165) is 7.11 Å². The molecular weight excluding hydrogens is 192 g/mol. The van der Waals surface area contributed by atoms with Gasteiger partial charge in [0.1, 0.15) is 12.7 Å². The second-order valence-corrected chi connectivity index (χ2v) is 2.52. The lowest BCUT2D eigenvalue weighted by atomic mass is 10.5. The first-order chi connectivity index (χ1) is 6.56. The van der Waals surface area contributed by atoms with Gasteiger partial charge in [-0.1, -0.05) is 0 Å². The minimum absolute atomic E-state index is 0. The van der Waals surface area contributed by atoms with E-state index in [1.165, 1.54) is 6.92 Å². The SMILES string of the molecule is CC(O)CO.CC1COC(=O)O1.CO.[HH]. The molecule has 1 aliphatic rings. The van der Waals surface area contributed by atoms with E-state index in [1.54, 1.807) is 6.92 Å². The van der Waals surface area contributed by atoms with Gasteiger partial charge in [0.15, 0.2) is 0 Å². The van der Waals surface area contributed by atoms with Crippen LogP contribution in [0.25, 0.3) is 0 Å². The van der Waals surface area contributed by atoms with Crippen LogP contribution in [-0.2, 0) is 9.47 Å². The molecule has 0 amide bonds. The molecule has 1 heterocycles. The molecule has 3 N–H and O–H groups in total. The molecule has 14 heavy (non-hydrogen) atoms. The van der Waals surface area contributed by atoms with E-state index in [-0.39, 0.29) is 14.1 Å². The molecule has 1 saturated heterocycles. The van der Waals surface area contributed by atoms with Gasteiger partial charge >= 0.3 is 6.16 Å². The van der Waals surface area contributed by atoms with E-state index in [9.17, 15) is 4.79 Å². The van der Waals surface area contributed by atoms with Crippen LogP contribution in [0.1, 0.15) is 15.3 Å². The van der Waals surface area contributed by atoms with E-state index in [1.807, 2.05) is 0 Å². The molecule has 0 bridgehead atoms. The van der Waals surface area contributed by atoms with Gasteiger partial charge in [0.25, 0.3) is 0 Å². The van der Waals surface area contributed by atoms with Gasteiger partial charge in [0.2, 0.25) is 0 Å². The third-order valence-electron chi connectivity index (χ3n) is 0.998. The van der Waals surface area contributed by atoms with E-state index >= 15 is 0 Å². The molecule has 0 aliphatic carbocycles. The maximum absolute atomic E-state index is 10.0. The molecule has 1 fully saturated rings. The van der Waals surface area contributed by atoms with Crippen molar-refractivity contribution in [2.24, 2.45) is 0 Å². The fraction of sp³-hybridized carbons (Fsp3) is 0.875. The Balaban J connectivity index is -0.000000162. The van der Waals surface area contributed by atoms with Crippen LogP contribution in [-0.4, -0.2) is 54.0 Å². The second-order valence-electron chi connectivity index (χ2n) is 2.52. The van der Waals surface area contributed by atoms with Gasteiger partial charge in [-0.3, -0.25) is 0 Å². The number of rotatable bonds is 1. The van der Waals surface area contributed by atoms with Crippen LogP contribution in [0.3, 0.4) is 0 Å². The van der Waals surface area contributed by atoms with Crippen molar-refractivity contribution in [2.45, 2.75) is 26.1 Å². The van der Waals surface area contributed by atoms with E-state index in [4.69, 9.17) is 15.3 Å². The quantitative estimate of drug-likeness (QED) is 0.519. The molecule has 0 aromatic rings. The highest BCUT2D eigenvalue weighted by atomic mass is 16.8. The van der Waals surface area contributed by atoms with Crippen LogP contribution >= 0.6 is 0 Å². The van der Waals surface area contributed by atoms with Crippen molar-refractivity contribution in [1.82, 2.24) is 0 Å². The Bertz CT molecular complexity index is 141. The lowest BCUT2D eigenvalue weighted by Crippen LogP contribution is -2.03. The number of carbonyl (C=O) groups is 1. The van der Waals surface area contributed by atoms with Gasteiger partial charge in [0.05, 0.1) is 12.7 Å². The number of hydrogen-bond donors (Lipinski definition) is 3. The third kappa shape index (κ3) is 11.2. The zero-order chi connectivity index (χ0) is 11.6. The summed E-state index contributed by atoms with van der Waals surface area (Å²) in [5, 5.41) is 23.0. The molecule has 6 heteroatoms. The Morgan fingerprint density at radius 1 is 1.64 bits per heavy atom. The first-order valence-electron chi connectivity index (χ1n) is 4.13. The molecule has 0 aromatic carbocycles. The average Bonchev–Trinajstić information content (AvgIpc) is 2.54. The smallest absolute Gasteiger partial charge is 0.430 e. The summed E-state index contributed by atoms with van der Waals surface area (Å²) in [6.07, 6.45) is -1.16. The molecule has 6 nitrogen and oxygen atoms in total. The molecule has 0 aromatic heterocycles. The van der Waals surface area contributed by atoms with Crippen LogP contribution in [0.5, 0.6) is 0 Å². The highest BCUT2D eigenvalue weighted by Gasteiger charge is 2.19. The highest BCUT2D eigenvalue weighted by Crippen LogP contribution is 2.02. The second kappa shape index (κ2) is 10.2. The van der Waals surface area contributed by atoms with Crippen molar-refractivity contribution in [3.63, 3.8) is 0 Å². The number of aliphatic hydroxyl groups is 3. The Morgan fingerprint density at radius 3 is 2.14 bits per heavy atom. The summed E-state index contributed by atoms with van der Waals surface area (Å²) in [7, 11) is 1.00. The number of carbonyl (C=O) groups excluding carboxylic acids is 1. The highest BCUT2D eigenvalue weighted by molar-refractivity contribution is 5.61. The summed E-state index contributed by atoms with van der Waals surface area (Å²) in [5.74, 6) is 0. The van der Waals surface area contributed by atoms with Crippen molar-refractivity contribution in [1.29, 1.82) is 0 Å². The molecule has 0 saturated carbocycles. The monoisotopic (exact) mass is 212 g/mol. The molecule has 2 atom stereocenters. The van der Waals surface area contributed by atoms with Crippen LogP contribution < -0.4 is 0 Å². The summed E-state index contributed by atoms with van der Waals surface area (Å²) >= 11 is 0. The molecular formula is C8H20O6. The number of ether oxygens (including phenoxy) is 2. The lowest BCUT2D eigenvalue weighted by Gasteiger charge is -1.90. The zero-order valence-corrected chi connectivity index (χ0v) is 8.64. The van der Waals surface area contributed by atoms with Crippen molar-refractivity contribution >= 4 is 6.16 Å². The molecule has 2 unspecified atom stereocenters. The van der Waals surface area contributed by atoms with Gasteiger partial charge in [0, 0.05) is 8.54 Å². The van der Waals surface area contributed by atoms with Gasteiger partial charge in [-0.05, 0) is 13.8 Å². The minimum Gasteiger partial charge on any atom is -0.430 e. The summed E-state index contributed by atoms with van der Waals surface area (Å²) in [6.45, 7) is 3.57. The van der Waals surface area contributed by atoms with Crippen LogP contribution in [0.15, 0.2) is 0 Å². The zero-order valence-electron chi connectivity index (χ0n) is 8.64. The summed E-state index contributed by atoms with van der Waals surface area (Å²) in [6, 6.07) is 0. The van der Waals surface area contributed by atoms with Crippen LogP contribution in [0.4, 0.5) is 4.79 Å². The van der Waals surface area contributed by atoms with Gasteiger partial charge in [-0.2, -0.15) is 0 Å². The lowest BCUT2D eigenvalue weighted by molar-refractivity contribution is 0.110. The van der Waals surface area contributed by atoms with E-state index in [0.29, 0.717) is 6.61 Å². The average molecular weight is 212 g/mol. The maximum Gasteiger partial charge on any atom is 0.508 e. The maximum atomic E-state index is 10.0. The Morgan fingerprint density at radius 2 is 2.07 bits per heavy atom. The van der Waals surface area contributed by atoms with Crippen LogP contribution in [0.2, 0.25) is 0 Å². The fourth-order valence-electron chi connectivity index (χ4n) is 0.418. The standard InChI is InChI=1S/C4H6O3.C3H8O2.CH4O.H2/c1-3-2-6-4(5)7-3;1-3(5)2-4;1-2;/h3H,2H2,1H3;3-5H,2H2,1H3;2H,1H3;1H. The number of cyclic esters (lactones) is 2. The van der Waals surface area contributed by atoms with Crippen molar-refractivity contribution in [2.75, 3.05) is 20.3 Å². The molecule has 0 radical (unpaired) electrons. The number of aliphatic hydroxyl groups excluding tert-OH is 3. The van der Waals surface area contributed by atoms with E-state index < -0.39 is 12.3 Å². The largest absolute Gasteiger partial charge is 0.508 e. The van der Waals surface area contributed by atoms with Gasteiger partial charge < -0.3 is 24.8 Å². The number of hydrogen-bond acceptors (Lipinski definition) is 6. The van der Waals surface area contributed by atoms with Gasteiger partial charge in [-0.25, -0.2) is 4.79 Å². The first-order valence-corrected chi connectivity index (χ1v) is 4.13. The summed E-state index contributed by atoms with van der Waals surface area (Å²) in [4.78, 5) is 10.0. The predicted octanol–water partition coefficient (Wildman–Crippen LogP) is -0.244. The fourth-order valence-corrected chi connectivity index (χ4v) is 0.418.